The topological polar surface area (TPSA) is 79.4 Å². The molecule has 9 heteroatoms. The van der Waals surface area contributed by atoms with Crippen LogP contribution in [0.5, 0.6) is 0 Å². The number of fused-ring (bicyclic) bond motifs is 1. The first-order valence-corrected chi connectivity index (χ1v) is 13.5. The first-order chi connectivity index (χ1) is 15.5. The largest absolute Gasteiger partial charge is 0.324 e. The predicted octanol–water partition coefficient (Wildman–Crippen LogP) is 5.21. The fourth-order valence-corrected chi connectivity index (χ4v) is 7.74. The fraction of sp³-hybridized carbons (Fsp3) is 0.217. The maximum absolute atomic E-state index is 13.3. The van der Waals surface area contributed by atoms with Gasteiger partial charge in [0.2, 0.25) is 5.91 Å². The molecule has 1 N–H and O–H groups in total. The van der Waals surface area contributed by atoms with Crippen molar-refractivity contribution in [3.63, 3.8) is 0 Å². The molecular formula is C23H21N3O3S3. The zero-order valence-corrected chi connectivity index (χ0v) is 19.6. The van der Waals surface area contributed by atoms with Crippen LogP contribution in [0.25, 0.3) is 20.8 Å². The van der Waals surface area contributed by atoms with E-state index in [-0.39, 0.29) is 10.1 Å². The smallest absolute Gasteiger partial charge is 0.253 e. The Morgan fingerprint density at radius 3 is 2.66 bits per heavy atom. The summed E-state index contributed by atoms with van der Waals surface area (Å²) >= 11 is 2.74. The SMILES string of the molecule is O=C(Nc1ccccc1-c1nc2ccccc2s1)C1CCCCN1S(=O)(=O)c1cccs1. The Labute approximate surface area is 194 Å². The van der Waals surface area contributed by atoms with E-state index < -0.39 is 16.1 Å². The molecule has 1 atom stereocenters. The van der Waals surface area contributed by atoms with Gasteiger partial charge >= 0.3 is 0 Å². The first kappa shape index (κ1) is 21.3. The molecule has 6 nitrogen and oxygen atoms in total. The average Bonchev–Trinajstić information content (AvgIpc) is 3.50. The second kappa shape index (κ2) is 8.74. The molecule has 1 unspecified atom stereocenters. The standard InChI is InChI=1S/C23H21N3O3S3/c27-22(19-11-5-6-14-26(19)32(28,29)21-13-7-15-30-21)24-17-9-2-1-8-16(17)23-25-18-10-3-4-12-20(18)31-23/h1-4,7-10,12-13,15,19H,5-6,11,14H2,(H,24,27). The van der Waals surface area contributed by atoms with E-state index in [0.29, 0.717) is 18.7 Å². The van der Waals surface area contributed by atoms with Crippen molar-refractivity contribution in [3.8, 4) is 10.6 Å². The maximum atomic E-state index is 13.3. The van der Waals surface area contributed by atoms with Gasteiger partial charge in [0.25, 0.3) is 10.0 Å². The van der Waals surface area contributed by atoms with Crippen molar-refractivity contribution in [1.82, 2.24) is 9.29 Å². The molecule has 0 bridgehead atoms. The highest BCUT2D eigenvalue weighted by molar-refractivity contribution is 7.91. The van der Waals surface area contributed by atoms with Crippen molar-refractivity contribution < 1.29 is 13.2 Å². The van der Waals surface area contributed by atoms with Gasteiger partial charge in [-0.1, -0.05) is 36.8 Å². The molecular weight excluding hydrogens is 462 g/mol. The molecule has 2 aromatic carbocycles. The van der Waals surface area contributed by atoms with Crippen molar-refractivity contribution in [3.05, 3.63) is 66.0 Å². The number of nitrogens with one attached hydrogen (secondary N) is 1. The van der Waals surface area contributed by atoms with Gasteiger partial charge in [-0.25, -0.2) is 13.4 Å². The number of nitrogens with zero attached hydrogens (tertiary/aromatic N) is 2. The molecule has 3 heterocycles. The first-order valence-electron chi connectivity index (χ1n) is 10.4. The van der Waals surface area contributed by atoms with Crippen LogP contribution in [0.2, 0.25) is 0 Å². The molecule has 1 aliphatic rings. The molecule has 0 radical (unpaired) electrons. The zero-order valence-electron chi connectivity index (χ0n) is 17.1. The van der Waals surface area contributed by atoms with Gasteiger partial charge in [-0.05, 0) is 48.6 Å². The Morgan fingerprint density at radius 2 is 1.84 bits per heavy atom. The lowest BCUT2D eigenvalue weighted by Gasteiger charge is -2.33. The highest BCUT2D eigenvalue weighted by Gasteiger charge is 2.38. The van der Waals surface area contributed by atoms with Crippen molar-refractivity contribution in [2.45, 2.75) is 29.5 Å². The van der Waals surface area contributed by atoms with E-state index in [4.69, 9.17) is 4.98 Å². The van der Waals surface area contributed by atoms with Crippen LogP contribution in [-0.4, -0.2) is 36.2 Å². The number of rotatable bonds is 5. The molecule has 4 aromatic rings. The van der Waals surface area contributed by atoms with Gasteiger partial charge in [-0.2, -0.15) is 4.31 Å². The summed E-state index contributed by atoms with van der Waals surface area (Å²) in [7, 11) is -3.70. The van der Waals surface area contributed by atoms with Gasteiger partial charge < -0.3 is 5.32 Å². The number of para-hydroxylation sites is 2. The molecule has 2 aromatic heterocycles. The summed E-state index contributed by atoms with van der Waals surface area (Å²) in [5.41, 5.74) is 2.37. The summed E-state index contributed by atoms with van der Waals surface area (Å²) in [5, 5.41) is 5.55. The van der Waals surface area contributed by atoms with Gasteiger partial charge in [-0.3, -0.25) is 4.79 Å². The number of thiophene rings is 1. The average molecular weight is 484 g/mol. The van der Waals surface area contributed by atoms with Gasteiger partial charge in [-0.15, -0.1) is 22.7 Å². The van der Waals surface area contributed by atoms with Crippen LogP contribution < -0.4 is 5.32 Å². The number of anilines is 1. The van der Waals surface area contributed by atoms with Crippen molar-refractivity contribution in [2.75, 3.05) is 11.9 Å². The van der Waals surface area contributed by atoms with Crippen LogP contribution in [0.4, 0.5) is 5.69 Å². The minimum atomic E-state index is -3.70. The second-order valence-electron chi connectivity index (χ2n) is 7.58. The maximum Gasteiger partial charge on any atom is 0.253 e. The van der Waals surface area contributed by atoms with E-state index in [1.54, 1.807) is 28.8 Å². The van der Waals surface area contributed by atoms with Crippen LogP contribution >= 0.6 is 22.7 Å². The highest BCUT2D eigenvalue weighted by Crippen LogP contribution is 2.35. The lowest BCUT2D eigenvalue weighted by Crippen LogP contribution is -2.49. The lowest BCUT2D eigenvalue weighted by atomic mass is 10.0. The Morgan fingerprint density at radius 1 is 1.03 bits per heavy atom. The summed E-state index contributed by atoms with van der Waals surface area (Å²) in [6.07, 6.45) is 2.06. The Balaban J connectivity index is 1.44. The predicted molar refractivity (Wildman–Crippen MR) is 130 cm³/mol. The number of benzene rings is 2. The summed E-state index contributed by atoms with van der Waals surface area (Å²) in [6, 6.07) is 18.0. The molecule has 1 saturated heterocycles. The van der Waals surface area contributed by atoms with Crippen molar-refractivity contribution in [2.24, 2.45) is 0 Å². The summed E-state index contributed by atoms with van der Waals surface area (Å²) < 4.78 is 29.0. The fourth-order valence-electron chi connectivity index (χ4n) is 3.96. The van der Waals surface area contributed by atoms with Gasteiger partial charge in [0, 0.05) is 12.1 Å². The van der Waals surface area contributed by atoms with Crippen LogP contribution in [-0.2, 0) is 14.8 Å². The van der Waals surface area contributed by atoms with E-state index in [0.717, 1.165) is 33.6 Å². The molecule has 5 rings (SSSR count). The lowest BCUT2D eigenvalue weighted by molar-refractivity contribution is -0.120. The number of sulfonamides is 1. The number of carbonyl (C=O) groups is 1. The molecule has 0 saturated carbocycles. The van der Waals surface area contributed by atoms with E-state index in [1.165, 1.54) is 15.6 Å². The monoisotopic (exact) mass is 483 g/mol. The molecule has 32 heavy (non-hydrogen) atoms. The zero-order chi connectivity index (χ0) is 22.1. The molecule has 164 valence electrons. The number of aromatic nitrogens is 1. The van der Waals surface area contributed by atoms with Gasteiger partial charge in [0.05, 0.1) is 15.9 Å². The summed E-state index contributed by atoms with van der Waals surface area (Å²) in [5.74, 6) is -0.307. The highest BCUT2D eigenvalue weighted by atomic mass is 32.2. The second-order valence-corrected chi connectivity index (χ2v) is 11.7. The number of hydrogen-bond donors (Lipinski definition) is 1. The van der Waals surface area contributed by atoms with Crippen LogP contribution in [0, 0.1) is 0 Å². The van der Waals surface area contributed by atoms with E-state index >= 15 is 0 Å². The number of amides is 1. The number of piperidine rings is 1. The third-order valence-electron chi connectivity index (χ3n) is 5.52. The van der Waals surface area contributed by atoms with E-state index in [1.807, 2.05) is 48.5 Å². The molecule has 1 fully saturated rings. The van der Waals surface area contributed by atoms with Gasteiger partial charge in [0.1, 0.15) is 15.3 Å². The summed E-state index contributed by atoms with van der Waals surface area (Å²) in [6.45, 7) is 0.345. The van der Waals surface area contributed by atoms with Crippen molar-refractivity contribution in [1.29, 1.82) is 0 Å². The third-order valence-corrected chi connectivity index (χ3v) is 9.87. The van der Waals surface area contributed by atoms with E-state index in [9.17, 15) is 13.2 Å². The number of carbonyl (C=O) groups excluding carboxylic acids is 1. The molecule has 1 aliphatic heterocycles. The quantitative estimate of drug-likeness (QED) is 0.423. The minimum absolute atomic E-state index is 0.270. The molecule has 1 amide bonds. The van der Waals surface area contributed by atoms with Gasteiger partial charge in [0.15, 0.2) is 0 Å². The van der Waals surface area contributed by atoms with Crippen molar-refractivity contribution >= 4 is 54.5 Å². The Hall–Kier alpha value is -2.59. The minimum Gasteiger partial charge on any atom is -0.324 e. The number of hydrogen-bond acceptors (Lipinski definition) is 6. The number of thiazole rings is 1. The van der Waals surface area contributed by atoms with Crippen LogP contribution in [0.3, 0.4) is 0 Å². The van der Waals surface area contributed by atoms with Crippen LogP contribution in [0.1, 0.15) is 19.3 Å². The Kier molecular flexibility index (Phi) is 5.81. The summed E-state index contributed by atoms with van der Waals surface area (Å²) in [4.78, 5) is 18.0. The Bertz CT molecular complexity index is 1330. The van der Waals surface area contributed by atoms with Crippen LogP contribution in [0.15, 0.2) is 70.3 Å². The third kappa shape index (κ3) is 3.97. The molecule has 0 spiro atoms. The van der Waals surface area contributed by atoms with E-state index in [2.05, 4.69) is 5.32 Å². The normalized spacial score (nSPS) is 17.4. The molecule has 0 aliphatic carbocycles.